The molecule has 0 spiro atoms. The first-order valence-electron chi connectivity index (χ1n) is 2.54. The minimum absolute atomic E-state index is 0. The summed E-state index contributed by atoms with van der Waals surface area (Å²) < 4.78 is 0. The number of carbonyl (C=O) groups excluding carboxylic acids is 1. The van der Waals surface area contributed by atoms with Gasteiger partial charge in [0.2, 0.25) is 0 Å². The summed E-state index contributed by atoms with van der Waals surface area (Å²) in [5.41, 5.74) is 0. The molecule has 0 atom stereocenters. The number of rotatable bonds is 4. The Balaban J connectivity index is 0. The molecule has 0 bridgehead atoms. The Kier molecular flexibility index (Phi) is 8.75. The molecule has 0 aromatic rings. The molecule has 0 aromatic carbocycles. The van der Waals surface area contributed by atoms with E-state index in [9.17, 15) is 4.79 Å². The van der Waals surface area contributed by atoms with Crippen LogP contribution in [-0.4, -0.2) is 5.78 Å². The van der Waals surface area contributed by atoms with Crippen LogP contribution in [0.3, 0.4) is 0 Å². The third-order valence-electron chi connectivity index (χ3n) is 0.744. The summed E-state index contributed by atoms with van der Waals surface area (Å²) in [6, 6.07) is 0. The maximum atomic E-state index is 10.5. The average molecular weight is 126 g/mol. The fourth-order valence-electron chi connectivity index (χ4n) is 0.405. The van der Waals surface area contributed by atoms with Gasteiger partial charge in [-0.05, 0) is 0 Å². The van der Waals surface area contributed by atoms with E-state index in [1.165, 1.54) is 0 Å². The van der Waals surface area contributed by atoms with Crippen LogP contribution in [0.4, 0.5) is 0 Å². The second-order valence-corrected chi connectivity index (χ2v) is 1.52. The number of Topliss-reactive ketones (excluding diaryl/α,β-unsaturated/α-hetero) is 1. The zero-order chi connectivity index (χ0) is 6.41. The van der Waals surface area contributed by atoms with E-state index >= 15 is 0 Å². The second-order valence-electron chi connectivity index (χ2n) is 1.52. The fraction of sp³-hybridized carbons (Fsp3) is 0.375. The van der Waals surface area contributed by atoms with E-state index in [2.05, 4.69) is 13.2 Å². The molecular formula is C8H14O. The Morgan fingerprint density at radius 1 is 1.22 bits per heavy atom. The van der Waals surface area contributed by atoms with Crippen molar-refractivity contribution >= 4 is 5.78 Å². The van der Waals surface area contributed by atoms with Gasteiger partial charge in [-0.3, -0.25) is 4.79 Å². The van der Waals surface area contributed by atoms with E-state index < -0.39 is 0 Å². The number of hydrogen-bond donors (Lipinski definition) is 0. The molecule has 0 unspecified atom stereocenters. The molecule has 0 aliphatic carbocycles. The van der Waals surface area contributed by atoms with Gasteiger partial charge in [-0.15, -0.1) is 13.2 Å². The molecule has 0 N–H and O–H groups in total. The van der Waals surface area contributed by atoms with Gasteiger partial charge < -0.3 is 0 Å². The Morgan fingerprint density at radius 2 is 1.56 bits per heavy atom. The van der Waals surface area contributed by atoms with Gasteiger partial charge in [-0.1, -0.05) is 19.6 Å². The van der Waals surface area contributed by atoms with E-state index in [0.717, 1.165) is 0 Å². The van der Waals surface area contributed by atoms with Gasteiger partial charge in [0.1, 0.15) is 5.78 Å². The van der Waals surface area contributed by atoms with Crippen LogP contribution in [0.2, 0.25) is 0 Å². The van der Waals surface area contributed by atoms with Crippen LogP contribution in [0.25, 0.3) is 0 Å². The summed E-state index contributed by atoms with van der Waals surface area (Å²) in [7, 11) is 0. The zero-order valence-electron chi connectivity index (χ0n) is 4.89. The molecule has 0 radical (unpaired) electrons. The van der Waals surface area contributed by atoms with E-state index in [0.29, 0.717) is 12.8 Å². The molecule has 1 nitrogen and oxygen atoms in total. The standard InChI is InChI=1S/C7H10O.CH4/c1-3-5-7(8)6-4-2;/h3-4H,1-2,5-6H2;1H4. The predicted molar refractivity (Wildman–Crippen MR) is 41.4 cm³/mol. The SMILES string of the molecule is C.C=CCC(=O)CC=C. The summed E-state index contributed by atoms with van der Waals surface area (Å²) in [5.74, 6) is 0.176. The molecular weight excluding hydrogens is 112 g/mol. The van der Waals surface area contributed by atoms with E-state index in [4.69, 9.17) is 0 Å². The van der Waals surface area contributed by atoms with Crippen LogP contribution >= 0.6 is 0 Å². The monoisotopic (exact) mass is 126 g/mol. The lowest BCUT2D eigenvalue weighted by atomic mass is 10.2. The smallest absolute Gasteiger partial charge is 0.140 e. The van der Waals surface area contributed by atoms with Gasteiger partial charge in [-0.2, -0.15) is 0 Å². The molecule has 0 fully saturated rings. The summed E-state index contributed by atoms with van der Waals surface area (Å²) in [4.78, 5) is 10.5. The second kappa shape index (κ2) is 7.15. The van der Waals surface area contributed by atoms with Crippen molar-refractivity contribution in [2.75, 3.05) is 0 Å². The van der Waals surface area contributed by atoms with Crippen molar-refractivity contribution in [3.63, 3.8) is 0 Å². The van der Waals surface area contributed by atoms with Gasteiger partial charge in [0.05, 0.1) is 0 Å². The van der Waals surface area contributed by atoms with Crippen molar-refractivity contribution < 1.29 is 4.79 Å². The summed E-state index contributed by atoms with van der Waals surface area (Å²) in [6.45, 7) is 6.86. The van der Waals surface area contributed by atoms with Crippen LogP contribution in [0, 0.1) is 0 Å². The summed E-state index contributed by atoms with van der Waals surface area (Å²) in [5, 5.41) is 0. The molecule has 9 heavy (non-hydrogen) atoms. The van der Waals surface area contributed by atoms with Crippen LogP contribution < -0.4 is 0 Å². The molecule has 0 amide bonds. The highest BCUT2D eigenvalue weighted by Crippen LogP contribution is 1.89. The van der Waals surface area contributed by atoms with Gasteiger partial charge in [-0.25, -0.2) is 0 Å². The fourth-order valence-corrected chi connectivity index (χ4v) is 0.405. The minimum atomic E-state index is 0. The quantitative estimate of drug-likeness (QED) is 0.528. The molecule has 0 saturated heterocycles. The lowest BCUT2D eigenvalue weighted by molar-refractivity contribution is -0.117. The van der Waals surface area contributed by atoms with E-state index in [1.807, 2.05) is 0 Å². The van der Waals surface area contributed by atoms with Crippen molar-refractivity contribution in [3.8, 4) is 0 Å². The van der Waals surface area contributed by atoms with Crippen molar-refractivity contribution in [2.45, 2.75) is 20.3 Å². The molecule has 1 heteroatoms. The lowest BCUT2D eigenvalue weighted by Gasteiger charge is -1.85. The Hall–Kier alpha value is -0.850. The van der Waals surface area contributed by atoms with E-state index in [1.54, 1.807) is 12.2 Å². The van der Waals surface area contributed by atoms with Gasteiger partial charge in [0, 0.05) is 12.8 Å². The summed E-state index contributed by atoms with van der Waals surface area (Å²) in [6.07, 6.45) is 4.13. The summed E-state index contributed by atoms with van der Waals surface area (Å²) >= 11 is 0. The first-order chi connectivity index (χ1) is 3.81. The Morgan fingerprint density at radius 3 is 1.78 bits per heavy atom. The highest BCUT2D eigenvalue weighted by molar-refractivity contribution is 5.80. The molecule has 0 heterocycles. The highest BCUT2D eigenvalue weighted by atomic mass is 16.1. The van der Waals surface area contributed by atoms with Gasteiger partial charge >= 0.3 is 0 Å². The molecule has 0 aliphatic heterocycles. The highest BCUT2D eigenvalue weighted by Gasteiger charge is 1.91. The van der Waals surface area contributed by atoms with E-state index in [-0.39, 0.29) is 13.2 Å². The average Bonchev–Trinajstić information content (AvgIpc) is 1.68. The first-order valence-corrected chi connectivity index (χ1v) is 2.54. The largest absolute Gasteiger partial charge is 0.299 e. The van der Waals surface area contributed by atoms with Crippen molar-refractivity contribution in [1.82, 2.24) is 0 Å². The molecule has 0 rings (SSSR count). The number of hydrogen-bond acceptors (Lipinski definition) is 1. The molecule has 52 valence electrons. The third-order valence-corrected chi connectivity index (χ3v) is 0.744. The Labute approximate surface area is 57.1 Å². The van der Waals surface area contributed by atoms with Crippen molar-refractivity contribution in [3.05, 3.63) is 25.3 Å². The first kappa shape index (κ1) is 11.0. The minimum Gasteiger partial charge on any atom is -0.299 e. The van der Waals surface area contributed by atoms with Crippen LogP contribution in [0.15, 0.2) is 25.3 Å². The topological polar surface area (TPSA) is 17.1 Å². The lowest BCUT2D eigenvalue weighted by Crippen LogP contribution is -1.90. The van der Waals surface area contributed by atoms with Gasteiger partial charge in [0.15, 0.2) is 0 Å². The Bertz CT molecular complexity index is 91.1. The van der Waals surface area contributed by atoms with Crippen LogP contribution in [-0.2, 0) is 4.79 Å². The zero-order valence-corrected chi connectivity index (χ0v) is 4.89. The predicted octanol–water partition coefficient (Wildman–Crippen LogP) is 2.34. The van der Waals surface area contributed by atoms with Crippen molar-refractivity contribution in [2.24, 2.45) is 0 Å². The normalized spacial score (nSPS) is 7.11. The van der Waals surface area contributed by atoms with Crippen LogP contribution in [0.5, 0.6) is 0 Å². The number of allylic oxidation sites excluding steroid dienone is 2. The maximum Gasteiger partial charge on any atom is 0.140 e. The molecule has 0 aliphatic rings. The maximum absolute atomic E-state index is 10.5. The number of carbonyl (C=O) groups is 1. The third kappa shape index (κ3) is 7.15. The molecule has 0 aromatic heterocycles. The van der Waals surface area contributed by atoms with Crippen LogP contribution in [0.1, 0.15) is 20.3 Å². The number of ketones is 1. The van der Waals surface area contributed by atoms with Crippen molar-refractivity contribution in [1.29, 1.82) is 0 Å². The molecule has 0 saturated carbocycles. The van der Waals surface area contributed by atoms with Gasteiger partial charge in [0.25, 0.3) is 0 Å².